The van der Waals surface area contributed by atoms with Crippen LogP contribution in [-0.2, 0) is 4.74 Å². The summed E-state index contributed by atoms with van der Waals surface area (Å²) < 4.78 is 5.69. The van der Waals surface area contributed by atoms with Gasteiger partial charge in [-0.3, -0.25) is 0 Å². The van der Waals surface area contributed by atoms with E-state index in [0.717, 1.165) is 19.7 Å². The Morgan fingerprint density at radius 1 is 1.31 bits per heavy atom. The largest absolute Gasteiger partial charge is 0.371 e. The highest BCUT2D eigenvalue weighted by atomic mass is 16.5. The zero-order valence-corrected chi connectivity index (χ0v) is 7.94. The van der Waals surface area contributed by atoms with Crippen LogP contribution in [0, 0.1) is 0 Å². The molecule has 1 saturated heterocycles. The van der Waals surface area contributed by atoms with E-state index < -0.39 is 0 Å². The minimum Gasteiger partial charge on any atom is -0.371 e. The van der Waals surface area contributed by atoms with E-state index in [1.54, 1.807) is 0 Å². The van der Waals surface area contributed by atoms with Crippen molar-refractivity contribution in [3.63, 3.8) is 0 Å². The molecule has 2 heteroatoms. The molecule has 70 valence electrons. The van der Waals surface area contributed by atoms with E-state index in [0.29, 0.717) is 0 Å². The maximum Gasteiger partial charge on any atom is 0.0952 e. The molecule has 0 saturated carbocycles. The van der Waals surface area contributed by atoms with Gasteiger partial charge in [-0.1, -0.05) is 30.3 Å². The fourth-order valence-corrected chi connectivity index (χ4v) is 1.65. The zero-order chi connectivity index (χ0) is 9.10. The van der Waals surface area contributed by atoms with Crippen LogP contribution < -0.4 is 0 Å². The van der Waals surface area contributed by atoms with Crippen molar-refractivity contribution in [2.75, 3.05) is 26.7 Å². The van der Waals surface area contributed by atoms with Crippen molar-refractivity contribution < 1.29 is 4.74 Å². The van der Waals surface area contributed by atoms with Crippen molar-refractivity contribution in [2.24, 2.45) is 0 Å². The predicted molar refractivity (Wildman–Crippen MR) is 52.6 cm³/mol. The quantitative estimate of drug-likeness (QED) is 0.647. The van der Waals surface area contributed by atoms with Gasteiger partial charge in [0, 0.05) is 13.1 Å². The number of hydrogen-bond donors (Lipinski definition) is 0. The van der Waals surface area contributed by atoms with Gasteiger partial charge in [0.25, 0.3) is 0 Å². The fraction of sp³-hybridized carbons (Fsp3) is 0.455. The summed E-state index contributed by atoms with van der Waals surface area (Å²) in [6.07, 6.45) is 0.264. The topological polar surface area (TPSA) is 12.5 Å². The van der Waals surface area contributed by atoms with Gasteiger partial charge in [0.15, 0.2) is 0 Å². The van der Waals surface area contributed by atoms with Crippen LogP contribution in [0.3, 0.4) is 0 Å². The second-order valence-electron chi connectivity index (χ2n) is 3.53. The van der Waals surface area contributed by atoms with Crippen LogP contribution >= 0.6 is 0 Å². The lowest BCUT2D eigenvalue weighted by Gasteiger charge is -2.30. The Labute approximate surface area is 79.1 Å². The molecule has 1 heterocycles. The molecule has 1 fully saturated rings. The Morgan fingerprint density at radius 3 is 2.77 bits per heavy atom. The van der Waals surface area contributed by atoms with Crippen LogP contribution in [0.2, 0.25) is 0 Å². The summed E-state index contributed by atoms with van der Waals surface area (Å²) >= 11 is 0. The van der Waals surface area contributed by atoms with Gasteiger partial charge in [-0.2, -0.15) is 0 Å². The smallest absolute Gasteiger partial charge is 0.0952 e. The lowest BCUT2D eigenvalue weighted by molar-refractivity contribution is -0.0208. The third-order valence-corrected chi connectivity index (χ3v) is 2.44. The highest BCUT2D eigenvalue weighted by Gasteiger charge is 2.18. The molecule has 1 aliphatic heterocycles. The highest BCUT2D eigenvalue weighted by molar-refractivity contribution is 5.18. The van der Waals surface area contributed by atoms with Crippen LogP contribution in [-0.4, -0.2) is 31.6 Å². The Hall–Kier alpha value is -0.860. The molecule has 0 aliphatic carbocycles. The Kier molecular flexibility index (Phi) is 2.62. The molecule has 0 radical (unpaired) electrons. The fourth-order valence-electron chi connectivity index (χ4n) is 1.65. The lowest BCUT2D eigenvalue weighted by atomic mass is 10.1. The van der Waals surface area contributed by atoms with Crippen LogP contribution in [0.4, 0.5) is 0 Å². The van der Waals surface area contributed by atoms with E-state index in [-0.39, 0.29) is 6.10 Å². The number of ether oxygens (including phenoxy) is 1. The average molecular weight is 177 g/mol. The number of nitrogens with zero attached hydrogens (tertiary/aromatic N) is 1. The van der Waals surface area contributed by atoms with Crippen LogP contribution in [0.15, 0.2) is 30.3 Å². The first kappa shape index (κ1) is 8.73. The molecule has 0 amide bonds. The summed E-state index contributed by atoms with van der Waals surface area (Å²) in [5.74, 6) is 0. The summed E-state index contributed by atoms with van der Waals surface area (Å²) in [5.41, 5.74) is 1.29. The monoisotopic (exact) mass is 177 g/mol. The number of morpholine rings is 1. The zero-order valence-electron chi connectivity index (χ0n) is 7.94. The summed E-state index contributed by atoms with van der Waals surface area (Å²) in [5, 5.41) is 0. The number of hydrogen-bond acceptors (Lipinski definition) is 2. The van der Waals surface area contributed by atoms with E-state index in [2.05, 4.69) is 36.2 Å². The number of likely N-dealkylation sites (N-methyl/N-ethyl adjacent to an activating group) is 1. The van der Waals surface area contributed by atoms with Gasteiger partial charge in [-0.15, -0.1) is 0 Å². The van der Waals surface area contributed by atoms with Gasteiger partial charge in [0.2, 0.25) is 0 Å². The first-order valence-corrected chi connectivity index (χ1v) is 4.71. The molecule has 0 unspecified atom stereocenters. The molecule has 1 aromatic rings. The molecule has 2 nitrogen and oxygen atoms in total. The normalized spacial score (nSPS) is 24.5. The molecule has 0 aromatic heterocycles. The molecule has 2 rings (SSSR count). The maximum absolute atomic E-state index is 5.69. The van der Waals surface area contributed by atoms with E-state index >= 15 is 0 Å². The Bertz CT molecular complexity index is 260. The molecule has 0 spiro atoms. The average Bonchev–Trinajstić information content (AvgIpc) is 2.19. The minimum absolute atomic E-state index is 0.264. The van der Waals surface area contributed by atoms with Crippen molar-refractivity contribution in [1.29, 1.82) is 0 Å². The van der Waals surface area contributed by atoms with Crippen molar-refractivity contribution in [1.82, 2.24) is 4.90 Å². The predicted octanol–water partition coefficient (Wildman–Crippen LogP) is 1.69. The van der Waals surface area contributed by atoms with E-state index in [1.807, 2.05) is 6.07 Å². The number of rotatable bonds is 1. The molecule has 1 atom stereocenters. The Balaban J connectivity index is 2.08. The Morgan fingerprint density at radius 2 is 2.08 bits per heavy atom. The van der Waals surface area contributed by atoms with Crippen molar-refractivity contribution in [2.45, 2.75) is 6.10 Å². The van der Waals surface area contributed by atoms with Crippen LogP contribution in [0.5, 0.6) is 0 Å². The maximum atomic E-state index is 5.69. The summed E-state index contributed by atoms with van der Waals surface area (Å²) in [7, 11) is 2.14. The summed E-state index contributed by atoms with van der Waals surface area (Å²) in [4.78, 5) is 2.31. The standard InChI is InChI=1S/C11H15NO/c1-12-7-8-13-11(9-12)10-5-3-2-4-6-10/h2-6,11H,7-9H2,1H3/t11-/m1/s1. The first-order valence-electron chi connectivity index (χ1n) is 4.71. The highest BCUT2D eigenvalue weighted by Crippen LogP contribution is 2.20. The van der Waals surface area contributed by atoms with Gasteiger partial charge in [-0.25, -0.2) is 0 Å². The van der Waals surface area contributed by atoms with Crippen LogP contribution in [0.25, 0.3) is 0 Å². The third-order valence-electron chi connectivity index (χ3n) is 2.44. The van der Waals surface area contributed by atoms with Crippen LogP contribution in [0.1, 0.15) is 11.7 Å². The molecule has 13 heavy (non-hydrogen) atoms. The van der Waals surface area contributed by atoms with Gasteiger partial charge < -0.3 is 9.64 Å². The molecule has 0 bridgehead atoms. The van der Waals surface area contributed by atoms with E-state index in [4.69, 9.17) is 4.74 Å². The number of benzene rings is 1. The van der Waals surface area contributed by atoms with E-state index in [9.17, 15) is 0 Å². The van der Waals surface area contributed by atoms with Gasteiger partial charge in [-0.05, 0) is 12.6 Å². The van der Waals surface area contributed by atoms with Crippen molar-refractivity contribution in [3.05, 3.63) is 35.9 Å². The van der Waals surface area contributed by atoms with Crippen molar-refractivity contribution in [3.8, 4) is 0 Å². The summed E-state index contributed by atoms with van der Waals surface area (Å²) in [6.45, 7) is 2.89. The first-order chi connectivity index (χ1) is 6.36. The molecule has 0 N–H and O–H groups in total. The summed E-state index contributed by atoms with van der Waals surface area (Å²) in [6, 6.07) is 10.4. The molecule has 1 aliphatic rings. The van der Waals surface area contributed by atoms with E-state index in [1.165, 1.54) is 5.56 Å². The second kappa shape index (κ2) is 3.90. The SMILES string of the molecule is CN1CCO[C@@H](c2ccccc2)C1. The minimum atomic E-state index is 0.264. The lowest BCUT2D eigenvalue weighted by Crippen LogP contribution is -2.35. The molecular formula is C11H15NO. The van der Waals surface area contributed by atoms with Gasteiger partial charge in [0.05, 0.1) is 12.7 Å². The van der Waals surface area contributed by atoms with Crippen molar-refractivity contribution >= 4 is 0 Å². The molecule has 1 aromatic carbocycles. The second-order valence-corrected chi connectivity index (χ2v) is 3.53. The molecular weight excluding hydrogens is 162 g/mol. The van der Waals surface area contributed by atoms with Gasteiger partial charge >= 0.3 is 0 Å². The third kappa shape index (κ3) is 2.08. The van der Waals surface area contributed by atoms with Gasteiger partial charge in [0.1, 0.15) is 0 Å².